The van der Waals surface area contributed by atoms with Gasteiger partial charge in [-0.05, 0) is 18.6 Å². The molecule has 2 rings (SSSR count). The zero-order valence-electron chi connectivity index (χ0n) is 13.8. The van der Waals surface area contributed by atoms with Gasteiger partial charge in [-0.2, -0.15) is 13.0 Å². The first-order valence-electron chi connectivity index (χ1n) is 7.17. The predicted molar refractivity (Wildman–Crippen MR) is 88.9 cm³/mol. The van der Waals surface area contributed by atoms with Crippen LogP contribution in [0.2, 0.25) is 0 Å². The first kappa shape index (κ1) is 24.6. The molecule has 0 saturated carbocycles. The van der Waals surface area contributed by atoms with Crippen LogP contribution >= 0.6 is 35.7 Å². The van der Waals surface area contributed by atoms with Gasteiger partial charge in [0.1, 0.15) is 12.8 Å². The van der Waals surface area contributed by atoms with Crippen molar-refractivity contribution in [3.8, 4) is 0 Å². The molecule has 166 valence electrons. The van der Waals surface area contributed by atoms with Gasteiger partial charge in [-0.15, -0.1) is 0 Å². The minimum atomic E-state index is -5.75. The van der Waals surface area contributed by atoms with E-state index in [1.165, 1.54) is 0 Å². The van der Waals surface area contributed by atoms with Crippen molar-refractivity contribution in [2.24, 2.45) is 0 Å². The normalized spacial score (nSPS) is 26.8. The van der Waals surface area contributed by atoms with Crippen LogP contribution in [-0.2, 0) is 31.6 Å². The largest absolute Gasteiger partial charge is 0.490 e. The van der Waals surface area contributed by atoms with E-state index in [2.05, 4.69) is 13.1 Å². The van der Waals surface area contributed by atoms with Crippen LogP contribution in [0.1, 0.15) is 19.1 Å². The molecular weight excluding hydrogens is 491 g/mol. The van der Waals surface area contributed by atoms with Gasteiger partial charge in [-0.25, -0.2) is 18.1 Å². The minimum Gasteiger partial charge on any atom is -0.320 e. The molecule has 20 heteroatoms. The topological polar surface area (TPSA) is 207 Å². The van der Waals surface area contributed by atoms with Crippen molar-refractivity contribution in [1.82, 2.24) is 9.55 Å². The molecule has 0 spiro atoms. The number of hydrogen-bond acceptors (Lipinski definition) is 9. The van der Waals surface area contributed by atoms with Crippen LogP contribution in [0, 0.1) is 10.6 Å². The summed E-state index contributed by atoms with van der Waals surface area (Å²) in [6.45, 7) is -1.34. The van der Waals surface area contributed by atoms with Crippen molar-refractivity contribution in [2.75, 3.05) is 6.61 Å². The highest BCUT2D eigenvalue weighted by atomic mass is 32.1. The van der Waals surface area contributed by atoms with E-state index in [9.17, 15) is 32.2 Å². The molecule has 2 unspecified atom stereocenters. The number of halogens is 2. The van der Waals surface area contributed by atoms with Gasteiger partial charge in [0, 0.05) is 6.42 Å². The lowest BCUT2D eigenvalue weighted by Crippen LogP contribution is -2.29. The Hall–Kier alpha value is -0.670. The summed E-state index contributed by atoms with van der Waals surface area (Å²) in [5, 5.41) is 0. The number of aromatic nitrogens is 2. The van der Waals surface area contributed by atoms with Gasteiger partial charge in [0.05, 0.1) is 6.20 Å². The van der Waals surface area contributed by atoms with Gasteiger partial charge in [0.15, 0.2) is 4.77 Å². The van der Waals surface area contributed by atoms with Gasteiger partial charge < -0.3 is 24.3 Å². The maximum Gasteiger partial charge on any atom is 0.490 e. The lowest BCUT2D eigenvalue weighted by molar-refractivity contribution is -0.174. The quantitative estimate of drug-likeness (QED) is 0.251. The van der Waals surface area contributed by atoms with Crippen LogP contribution in [0.4, 0.5) is 8.78 Å². The van der Waals surface area contributed by atoms with Crippen LogP contribution in [0.15, 0.2) is 11.0 Å². The summed E-state index contributed by atoms with van der Waals surface area (Å²) in [7, 11) is -16.9. The van der Waals surface area contributed by atoms with E-state index in [1.807, 2.05) is 4.98 Å². The summed E-state index contributed by atoms with van der Waals surface area (Å²) in [6, 6.07) is 0. The van der Waals surface area contributed by atoms with E-state index in [0.29, 0.717) is 6.20 Å². The molecule has 1 saturated heterocycles. The van der Waals surface area contributed by atoms with Gasteiger partial charge in [-0.3, -0.25) is 18.9 Å². The highest BCUT2D eigenvalue weighted by Gasteiger charge is 2.46. The third kappa shape index (κ3) is 7.21. The van der Waals surface area contributed by atoms with E-state index in [1.54, 1.807) is 0 Å². The highest BCUT2D eigenvalue weighted by Crippen LogP contribution is 2.66. The lowest BCUT2D eigenvalue weighted by atomic mass is 10.2. The van der Waals surface area contributed by atoms with Crippen molar-refractivity contribution in [3.63, 3.8) is 0 Å². The molecule has 2 heterocycles. The molecule has 5 N–H and O–H groups in total. The minimum absolute atomic E-state index is 0.143. The SMILES string of the molecule is O=c1[nH]c(=S)n([C@H]2CC[C@@](F)(COP(=O)(O)OP(=O)(O)OP(=O)(O)O)O2)cc1F. The summed E-state index contributed by atoms with van der Waals surface area (Å²) in [6.07, 6.45) is -1.19. The number of aromatic amines is 1. The summed E-state index contributed by atoms with van der Waals surface area (Å²) in [4.78, 5) is 48.3. The number of ether oxygens (including phenoxy) is 1. The van der Waals surface area contributed by atoms with Crippen molar-refractivity contribution >= 4 is 35.7 Å². The standard InChI is InChI=1S/C9H13F2N2O12P3S/c10-5-3-13(8(29)12-7(5)14)6-1-2-9(11,23-6)4-22-27(18,19)25-28(20,21)24-26(15,16)17/h3,6H,1-2,4H2,(H,18,19)(H,20,21)(H,12,14,29)(H2,15,16,17)/t6-,9+/m1/s1. The number of H-pyrrole nitrogens is 1. The molecule has 1 aromatic heterocycles. The maximum absolute atomic E-state index is 14.7. The second kappa shape index (κ2) is 8.46. The zero-order chi connectivity index (χ0) is 22.3. The smallest absolute Gasteiger partial charge is 0.320 e. The van der Waals surface area contributed by atoms with E-state index in [4.69, 9.17) is 31.6 Å². The molecule has 1 aliphatic heterocycles. The molecule has 4 atom stereocenters. The fourth-order valence-electron chi connectivity index (χ4n) is 2.16. The molecule has 1 fully saturated rings. The number of hydrogen-bond donors (Lipinski definition) is 5. The summed E-state index contributed by atoms with van der Waals surface area (Å²) in [5.41, 5.74) is -1.11. The molecule has 1 aromatic rings. The van der Waals surface area contributed by atoms with Crippen LogP contribution in [0.3, 0.4) is 0 Å². The first-order valence-corrected chi connectivity index (χ1v) is 12.1. The van der Waals surface area contributed by atoms with Crippen molar-refractivity contribution < 1.29 is 59.9 Å². The van der Waals surface area contributed by atoms with Crippen LogP contribution < -0.4 is 5.56 Å². The Morgan fingerprint density at radius 2 is 1.90 bits per heavy atom. The summed E-state index contributed by atoms with van der Waals surface area (Å²) >= 11 is 4.80. The average Bonchev–Trinajstić information content (AvgIpc) is 2.88. The summed E-state index contributed by atoms with van der Waals surface area (Å²) < 4.78 is 78.1. The predicted octanol–water partition coefficient (Wildman–Crippen LogP) is 1.36. The van der Waals surface area contributed by atoms with E-state index >= 15 is 0 Å². The number of nitrogens with one attached hydrogen (secondary N) is 1. The van der Waals surface area contributed by atoms with Crippen molar-refractivity contribution in [3.05, 3.63) is 27.1 Å². The number of phosphoric acid groups is 3. The second-order valence-electron chi connectivity index (χ2n) is 5.50. The number of nitrogens with zero attached hydrogens (tertiary/aromatic N) is 1. The lowest BCUT2D eigenvalue weighted by Gasteiger charge is -2.23. The molecule has 29 heavy (non-hydrogen) atoms. The number of phosphoric ester groups is 1. The highest BCUT2D eigenvalue weighted by molar-refractivity contribution is 7.71. The molecule has 0 aromatic carbocycles. The second-order valence-corrected chi connectivity index (χ2v) is 10.3. The number of rotatable bonds is 8. The Balaban J connectivity index is 2.04. The fraction of sp³-hybridized carbons (Fsp3) is 0.556. The first-order chi connectivity index (χ1) is 13.0. The van der Waals surface area contributed by atoms with Gasteiger partial charge in [0.25, 0.3) is 5.56 Å². The molecule has 0 radical (unpaired) electrons. The van der Waals surface area contributed by atoms with Gasteiger partial charge in [0.2, 0.25) is 11.7 Å². The summed E-state index contributed by atoms with van der Waals surface area (Å²) in [5.74, 6) is -4.00. The fourth-order valence-corrected chi connectivity index (χ4v) is 5.47. The zero-order valence-corrected chi connectivity index (χ0v) is 17.3. The van der Waals surface area contributed by atoms with Crippen LogP contribution in [-0.4, -0.2) is 41.6 Å². The van der Waals surface area contributed by atoms with Gasteiger partial charge in [-0.1, -0.05) is 0 Å². The third-order valence-corrected chi connectivity index (χ3v) is 7.30. The van der Waals surface area contributed by atoms with Gasteiger partial charge >= 0.3 is 23.5 Å². The Kier molecular flexibility index (Phi) is 7.17. The van der Waals surface area contributed by atoms with E-state index < -0.39 is 60.0 Å². The monoisotopic (exact) mass is 504 g/mol. The Morgan fingerprint density at radius 1 is 1.28 bits per heavy atom. The number of alkyl halides is 1. The molecule has 0 bridgehead atoms. The Labute approximate surface area is 164 Å². The van der Waals surface area contributed by atoms with E-state index in [-0.39, 0.29) is 11.2 Å². The van der Waals surface area contributed by atoms with Crippen LogP contribution in [0.5, 0.6) is 0 Å². The van der Waals surface area contributed by atoms with Crippen molar-refractivity contribution in [1.29, 1.82) is 0 Å². The van der Waals surface area contributed by atoms with Crippen LogP contribution in [0.25, 0.3) is 0 Å². The van der Waals surface area contributed by atoms with Crippen molar-refractivity contribution in [2.45, 2.75) is 24.9 Å². The molecule has 1 aliphatic rings. The molecule has 0 aliphatic carbocycles. The molecule has 14 nitrogen and oxygen atoms in total. The maximum atomic E-state index is 14.7. The Bertz CT molecular complexity index is 1040. The third-order valence-electron chi connectivity index (χ3n) is 3.21. The van der Waals surface area contributed by atoms with E-state index in [0.717, 1.165) is 4.57 Å². The molecular formula is C9H13F2N2O12P3S. The molecule has 0 amide bonds. The Morgan fingerprint density at radius 3 is 2.48 bits per heavy atom. The average molecular weight is 504 g/mol.